The van der Waals surface area contributed by atoms with Gasteiger partial charge < -0.3 is 4.74 Å². The Balaban J connectivity index is 1.76. The van der Waals surface area contributed by atoms with Gasteiger partial charge in [-0.2, -0.15) is 4.68 Å². The Bertz CT molecular complexity index is 837. The summed E-state index contributed by atoms with van der Waals surface area (Å²) in [7, 11) is 3.61. The summed E-state index contributed by atoms with van der Waals surface area (Å²) >= 11 is 0. The summed E-state index contributed by atoms with van der Waals surface area (Å²) < 4.78 is 8.23. The molecule has 22 heavy (non-hydrogen) atoms. The van der Waals surface area contributed by atoms with Crippen molar-refractivity contribution in [2.75, 3.05) is 14.2 Å². The number of rotatable bonds is 5. The van der Waals surface area contributed by atoms with Gasteiger partial charge in [-0.1, -0.05) is 18.2 Å². The number of hydrogen-bond donors (Lipinski definition) is 0. The van der Waals surface area contributed by atoms with Crippen LogP contribution in [0, 0.1) is 0 Å². The minimum Gasteiger partial charge on any atom is -0.497 e. The predicted molar refractivity (Wildman–Crippen MR) is 83.9 cm³/mol. The van der Waals surface area contributed by atoms with Gasteiger partial charge in [0.05, 0.1) is 13.8 Å². The lowest BCUT2D eigenvalue weighted by atomic mass is 10.2. The van der Waals surface area contributed by atoms with Crippen molar-refractivity contribution >= 4 is 5.65 Å². The molecule has 0 fully saturated rings. The molecule has 0 spiro atoms. The quantitative estimate of drug-likeness (QED) is 0.718. The Morgan fingerprint density at radius 2 is 2.09 bits per heavy atom. The van der Waals surface area contributed by atoms with E-state index < -0.39 is 0 Å². The number of methoxy groups -OCH3 is 1. The van der Waals surface area contributed by atoms with Crippen LogP contribution in [0.5, 0.6) is 5.75 Å². The molecule has 0 atom stereocenters. The highest BCUT2D eigenvalue weighted by Gasteiger charge is 2.09. The van der Waals surface area contributed by atoms with E-state index in [4.69, 9.17) is 4.74 Å². The Labute approximate surface area is 128 Å². The van der Waals surface area contributed by atoms with Crippen LogP contribution in [0.25, 0.3) is 5.65 Å². The van der Waals surface area contributed by atoms with Crippen LogP contribution < -0.4 is 10.4 Å². The molecule has 0 amide bonds. The van der Waals surface area contributed by atoms with Crippen molar-refractivity contribution in [3.63, 3.8) is 0 Å². The zero-order valence-electron chi connectivity index (χ0n) is 12.6. The SMILES string of the molecule is COc1cccc(CN(C)Cn2nc3ccccn3c2=O)c1. The highest BCUT2D eigenvalue weighted by Crippen LogP contribution is 2.13. The molecular formula is C16H18N4O2. The molecule has 114 valence electrons. The third kappa shape index (κ3) is 2.87. The molecule has 0 saturated carbocycles. The first-order chi connectivity index (χ1) is 10.7. The number of benzene rings is 1. The van der Waals surface area contributed by atoms with Crippen molar-refractivity contribution < 1.29 is 4.74 Å². The largest absolute Gasteiger partial charge is 0.497 e. The van der Waals surface area contributed by atoms with Gasteiger partial charge in [-0.15, -0.1) is 5.10 Å². The monoisotopic (exact) mass is 298 g/mol. The van der Waals surface area contributed by atoms with E-state index in [0.717, 1.165) is 11.3 Å². The van der Waals surface area contributed by atoms with Crippen LogP contribution >= 0.6 is 0 Å². The molecular weight excluding hydrogens is 280 g/mol. The molecule has 2 aromatic heterocycles. The van der Waals surface area contributed by atoms with Crippen LogP contribution in [0.3, 0.4) is 0 Å². The molecule has 0 saturated heterocycles. The fourth-order valence-electron chi connectivity index (χ4n) is 2.42. The van der Waals surface area contributed by atoms with Crippen molar-refractivity contribution in [2.45, 2.75) is 13.2 Å². The van der Waals surface area contributed by atoms with Crippen LogP contribution in [-0.4, -0.2) is 33.2 Å². The standard InChI is InChI=1S/C16H18N4O2/c1-18(11-13-6-5-7-14(10-13)22-2)12-20-16(21)19-9-4-3-8-15(19)17-20/h3-10H,11-12H2,1-2H3. The second-order valence-electron chi connectivity index (χ2n) is 5.22. The van der Waals surface area contributed by atoms with Crippen molar-refractivity contribution in [1.29, 1.82) is 0 Å². The summed E-state index contributed by atoms with van der Waals surface area (Å²) in [5.74, 6) is 0.829. The third-order valence-corrected chi connectivity index (χ3v) is 3.45. The van der Waals surface area contributed by atoms with Crippen LogP contribution in [0.2, 0.25) is 0 Å². The number of pyridine rings is 1. The second-order valence-corrected chi connectivity index (χ2v) is 5.22. The fourth-order valence-corrected chi connectivity index (χ4v) is 2.42. The summed E-state index contributed by atoms with van der Waals surface area (Å²) in [5, 5.41) is 4.33. The average Bonchev–Trinajstić information content (AvgIpc) is 2.84. The Morgan fingerprint density at radius 3 is 2.86 bits per heavy atom. The van der Waals surface area contributed by atoms with E-state index in [0.29, 0.717) is 18.9 Å². The van der Waals surface area contributed by atoms with E-state index in [1.807, 2.05) is 54.4 Å². The maximum absolute atomic E-state index is 12.2. The fraction of sp³-hybridized carbons (Fsp3) is 0.250. The van der Waals surface area contributed by atoms with Crippen molar-refractivity contribution in [1.82, 2.24) is 19.1 Å². The van der Waals surface area contributed by atoms with Gasteiger partial charge in [0.25, 0.3) is 0 Å². The number of ether oxygens (including phenoxy) is 1. The molecule has 0 aliphatic heterocycles. The van der Waals surface area contributed by atoms with Crippen molar-refractivity contribution in [3.8, 4) is 5.75 Å². The maximum Gasteiger partial charge on any atom is 0.351 e. The third-order valence-electron chi connectivity index (χ3n) is 3.45. The first-order valence-electron chi connectivity index (χ1n) is 7.03. The van der Waals surface area contributed by atoms with E-state index in [9.17, 15) is 4.79 Å². The summed E-state index contributed by atoms with van der Waals surface area (Å²) in [6.45, 7) is 1.13. The lowest BCUT2D eigenvalue weighted by Gasteiger charge is -2.16. The number of nitrogens with zero attached hydrogens (tertiary/aromatic N) is 4. The molecule has 0 aliphatic carbocycles. The predicted octanol–water partition coefficient (Wildman–Crippen LogP) is 1.59. The van der Waals surface area contributed by atoms with Crippen molar-refractivity contribution in [3.05, 3.63) is 64.7 Å². The zero-order valence-corrected chi connectivity index (χ0v) is 12.6. The highest BCUT2D eigenvalue weighted by molar-refractivity contribution is 5.35. The van der Waals surface area contributed by atoms with E-state index in [2.05, 4.69) is 5.10 Å². The smallest absolute Gasteiger partial charge is 0.351 e. The minimum absolute atomic E-state index is 0.131. The molecule has 2 heterocycles. The van der Waals surface area contributed by atoms with Crippen LogP contribution in [0.15, 0.2) is 53.5 Å². The first-order valence-corrected chi connectivity index (χ1v) is 7.03. The lowest BCUT2D eigenvalue weighted by molar-refractivity contribution is 0.242. The molecule has 0 unspecified atom stereocenters. The van der Waals surface area contributed by atoms with Crippen LogP contribution in [0.4, 0.5) is 0 Å². The number of hydrogen-bond acceptors (Lipinski definition) is 4. The summed E-state index contributed by atoms with van der Waals surface area (Å²) in [6, 6.07) is 13.4. The summed E-state index contributed by atoms with van der Waals surface area (Å²) in [4.78, 5) is 14.3. The van der Waals surface area contributed by atoms with Gasteiger partial charge in [0.2, 0.25) is 0 Å². The number of fused-ring (bicyclic) bond motifs is 1. The van der Waals surface area contributed by atoms with Gasteiger partial charge in [0.1, 0.15) is 5.75 Å². The molecule has 0 N–H and O–H groups in total. The van der Waals surface area contributed by atoms with Gasteiger partial charge >= 0.3 is 5.69 Å². The maximum atomic E-state index is 12.2. The van der Waals surface area contributed by atoms with E-state index >= 15 is 0 Å². The van der Waals surface area contributed by atoms with Crippen LogP contribution in [0.1, 0.15) is 5.56 Å². The second kappa shape index (κ2) is 6.03. The summed E-state index contributed by atoms with van der Waals surface area (Å²) in [6.07, 6.45) is 1.73. The van der Waals surface area contributed by atoms with Crippen molar-refractivity contribution in [2.24, 2.45) is 0 Å². The first kappa shape index (κ1) is 14.3. The van der Waals surface area contributed by atoms with Gasteiger partial charge in [0, 0.05) is 12.7 Å². The summed E-state index contributed by atoms with van der Waals surface area (Å²) in [5.41, 5.74) is 1.65. The zero-order chi connectivity index (χ0) is 15.5. The molecule has 0 radical (unpaired) electrons. The molecule has 6 heteroatoms. The topological polar surface area (TPSA) is 51.8 Å². The van der Waals surface area contributed by atoms with Gasteiger partial charge in [-0.25, -0.2) is 4.79 Å². The van der Waals surface area contributed by atoms with Crippen LogP contribution in [-0.2, 0) is 13.2 Å². The Morgan fingerprint density at radius 1 is 1.23 bits per heavy atom. The molecule has 3 aromatic rings. The van der Waals surface area contributed by atoms with Gasteiger partial charge in [0.15, 0.2) is 5.65 Å². The van der Waals surface area contributed by atoms with Gasteiger partial charge in [-0.3, -0.25) is 9.30 Å². The number of aromatic nitrogens is 3. The van der Waals surface area contributed by atoms with E-state index in [1.165, 1.54) is 4.68 Å². The molecule has 1 aromatic carbocycles. The molecule has 6 nitrogen and oxygen atoms in total. The molecule has 0 bridgehead atoms. The molecule has 3 rings (SSSR count). The Kier molecular flexibility index (Phi) is 3.93. The minimum atomic E-state index is -0.131. The lowest BCUT2D eigenvalue weighted by Crippen LogP contribution is -2.30. The Hall–Kier alpha value is -2.60. The average molecular weight is 298 g/mol. The highest BCUT2D eigenvalue weighted by atomic mass is 16.5. The normalized spacial score (nSPS) is 11.2. The van der Waals surface area contributed by atoms with Gasteiger partial charge in [-0.05, 0) is 36.9 Å². The van der Waals surface area contributed by atoms with E-state index in [-0.39, 0.29) is 5.69 Å². The van der Waals surface area contributed by atoms with E-state index in [1.54, 1.807) is 17.7 Å². The molecule has 0 aliphatic rings.